The van der Waals surface area contributed by atoms with E-state index in [4.69, 9.17) is 4.74 Å². The molecule has 0 saturated heterocycles. The van der Waals surface area contributed by atoms with Gasteiger partial charge >= 0.3 is 0 Å². The summed E-state index contributed by atoms with van der Waals surface area (Å²) in [5.74, 6) is -0.338. The van der Waals surface area contributed by atoms with E-state index in [9.17, 15) is 9.18 Å². The Hall–Kier alpha value is -1.95. The van der Waals surface area contributed by atoms with Gasteiger partial charge in [-0.25, -0.2) is 9.37 Å². The zero-order valence-corrected chi connectivity index (χ0v) is 12.2. The molecule has 2 aromatic rings. The number of amides is 1. The van der Waals surface area contributed by atoms with Crippen LogP contribution in [0.15, 0.2) is 24.3 Å². The molecule has 0 spiro atoms. The number of aromatic nitrogens is 1. The van der Waals surface area contributed by atoms with Crippen LogP contribution in [0.4, 0.5) is 9.52 Å². The average molecular weight is 306 g/mol. The number of anilines is 1. The first-order valence-electron chi connectivity index (χ1n) is 6.87. The first kappa shape index (κ1) is 14.0. The van der Waals surface area contributed by atoms with Crippen molar-refractivity contribution in [1.82, 2.24) is 4.98 Å². The van der Waals surface area contributed by atoms with Crippen LogP contribution in [0.25, 0.3) is 0 Å². The molecule has 1 aliphatic carbocycles. The predicted molar refractivity (Wildman–Crippen MR) is 79.3 cm³/mol. The smallest absolute Gasteiger partial charge is 0.264 e. The van der Waals surface area contributed by atoms with E-state index in [2.05, 4.69) is 10.3 Å². The van der Waals surface area contributed by atoms with Crippen LogP contribution in [0.5, 0.6) is 5.75 Å². The number of nitrogens with zero attached hydrogens (tertiary/aromatic N) is 1. The molecule has 1 aromatic carbocycles. The van der Waals surface area contributed by atoms with Crippen LogP contribution in [0, 0.1) is 5.82 Å². The zero-order valence-electron chi connectivity index (χ0n) is 11.4. The second-order valence-corrected chi connectivity index (χ2v) is 5.97. The third-order valence-corrected chi connectivity index (χ3v) is 4.33. The quantitative estimate of drug-likeness (QED) is 0.944. The van der Waals surface area contributed by atoms with Crippen LogP contribution < -0.4 is 10.1 Å². The molecule has 1 heterocycles. The molecular weight excluding hydrogens is 291 g/mol. The number of nitrogens with one attached hydrogen (secondary N) is 1. The molecule has 0 bridgehead atoms. The van der Waals surface area contributed by atoms with Gasteiger partial charge < -0.3 is 4.74 Å². The topological polar surface area (TPSA) is 51.2 Å². The lowest BCUT2D eigenvalue weighted by atomic mass is 10.0. The summed E-state index contributed by atoms with van der Waals surface area (Å²) in [6, 6.07) is 5.72. The summed E-state index contributed by atoms with van der Waals surface area (Å²) in [5, 5.41) is 3.35. The van der Waals surface area contributed by atoms with E-state index in [1.165, 1.54) is 40.8 Å². The van der Waals surface area contributed by atoms with Crippen LogP contribution in [-0.2, 0) is 17.6 Å². The predicted octanol–water partition coefficient (Wildman–Crippen LogP) is 3.18. The first-order valence-corrected chi connectivity index (χ1v) is 7.69. The summed E-state index contributed by atoms with van der Waals surface area (Å²) in [6.07, 6.45) is 4.38. The van der Waals surface area contributed by atoms with Gasteiger partial charge in [-0.1, -0.05) is 6.07 Å². The fourth-order valence-electron chi connectivity index (χ4n) is 2.27. The van der Waals surface area contributed by atoms with E-state index in [-0.39, 0.29) is 18.3 Å². The van der Waals surface area contributed by atoms with Crippen molar-refractivity contribution in [1.29, 1.82) is 0 Å². The number of carbonyl (C=O) groups excluding carboxylic acids is 1. The summed E-state index contributed by atoms with van der Waals surface area (Å²) in [7, 11) is 0. The summed E-state index contributed by atoms with van der Waals surface area (Å²) in [4.78, 5) is 17.5. The second kappa shape index (κ2) is 6.22. The number of fused-ring (bicyclic) bond motifs is 1. The fourth-order valence-corrected chi connectivity index (χ4v) is 3.33. The Morgan fingerprint density at radius 3 is 3.05 bits per heavy atom. The van der Waals surface area contributed by atoms with Crippen molar-refractivity contribution in [3.05, 3.63) is 40.7 Å². The van der Waals surface area contributed by atoms with E-state index < -0.39 is 0 Å². The number of hydrogen-bond acceptors (Lipinski definition) is 4. The molecule has 1 N–H and O–H groups in total. The lowest BCUT2D eigenvalue weighted by molar-refractivity contribution is -0.118. The van der Waals surface area contributed by atoms with Crippen molar-refractivity contribution < 1.29 is 13.9 Å². The van der Waals surface area contributed by atoms with Crippen LogP contribution in [0.3, 0.4) is 0 Å². The summed E-state index contributed by atoms with van der Waals surface area (Å²) < 4.78 is 18.2. The van der Waals surface area contributed by atoms with Gasteiger partial charge in [-0.3, -0.25) is 10.1 Å². The van der Waals surface area contributed by atoms with Crippen LogP contribution in [0.2, 0.25) is 0 Å². The number of benzene rings is 1. The van der Waals surface area contributed by atoms with Gasteiger partial charge in [0.15, 0.2) is 11.7 Å². The van der Waals surface area contributed by atoms with Crippen molar-refractivity contribution >= 4 is 22.4 Å². The highest BCUT2D eigenvalue weighted by molar-refractivity contribution is 7.15. The molecule has 110 valence electrons. The van der Waals surface area contributed by atoms with Crippen molar-refractivity contribution in [2.75, 3.05) is 11.9 Å². The normalized spacial score (nSPS) is 13.6. The summed E-state index contributed by atoms with van der Waals surface area (Å²) in [5.41, 5.74) is 1.10. The number of thiazole rings is 1. The zero-order chi connectivity index (χ0) is 14.7. The summed E-state index contributed by atoms with van der Waals surface area (Å²) in [6.45, 7) is -0.159. The standard InChI is InChI=1S/C15H15FN2O2S/c16-10-4-3-5-11(8-10)20-9-14(19)18-15-17-12-6-1-2-7-13(12)21-15/h3-5,8H,1-2,6-7,9H2,(H,17,18,19). The Morgan fingerprint density at radius 2 is 2.24 bits per heavy atom. The molecule has 1 aliphatic rings. The Labute approximate surface area is 126 Å². The average Bonchev–Trinajstić information content (AvgIpc) is 2.87. The molecule has 1 aromatic heterocycles. The van der Waals surface area contributed by atoms with Crippen LogP contribution >= 0.6 is 11.3 Å². The molecule has 0 unspecified atom stereocenters. The number of rotatable bonds is 4. The SMILES string of the molecule is O=C(COc1cccc(F)c1)Nc1nc2c(s1)CCCC2. The van der Waals surface area contributed by atoms with Crippen molar-refractivity contribution in [2.24, 2.45) is 0 Å². The van der Waals surface area contributed by atoms with E-state index in [0.717, 1.165) is 25.0 Å². The Kier molecular flexibility index (Phi) is 4.15. The van der Waals surface area contributed by atoms with Crippen LogP contribution in [-0.4, -0.2) is 17.5 Å². The van der Waals surface area contributed by atoms with Gasteiger partial charge in [0.25, 0.3) is 5.91 Å². The highest BCUT2D eigenvalue weighted by Crippen LogP contribution is 2.29. The van der Waals surface area contributed by atoms with Gasteiger partial charge in [-0.05, 0) is 37.8 Å². The van der Waals surface area contributed by atoms with E-state index in [1.54, 1.807) is 6.07 Å². The minimum atomic E-state index is -0.388. The highest BCUT2D eigenvalue weighted by Gasteiger charge is 2.16. The lowest BCUT2D eigenvalue weighted by Crippen LogP contribution is -2.20. The van der Waals surface area contributed by atoms with Crippen LogP contribution in [0.1, 0.15) is 23.4 Å². The van der Waals surface area contributed by atoms with Gasteiger partial charge in [-0.2, -0.15) is 0 Å². The molecule has 0 saturated carbocycles. The van der Waals surface area contributed by atoms with Crippen molar-refractivity contribution in [2.45, 2.75) is 25.7 Å². The van der Waals surface area contributed by atoms with E-state index in [0.29, 0.717) is 10.9 Å². The van der Waals surface area contributed by atoms with Gasteiger partial charge in [0.05, 0.1) is 5.69 Å². The molecule has 1 amide bonds. The summed E-state index contributed by atoms with van der Waals surface area (Å²) >= 11 is 1.53. The molecule has 21 heavy (non-hydrogen) atoms. The largest absolute Gasteiger partial charge is 0.484 e. The fraction of sp³-hybridized carbons (Fsp3) is 0.333. The number of carbonyl (C=O) groups is 1. The van der Waals surface area contributed by atoms with E-state index >= 15 is 0 Å². The third-order valence-electron chi connectivity index (χ3n) is 3.26. The maximum Gasteiger partial charge on any atom is 0.264 e. The monoisotopic (exact) mass is 306 g/mol. The maximum atomic E-state index is 13.0. The number of hydrogen-bond donors (Lipinski definition) is 1. The molecule has 3 rings (SSSR count). The maximum absolute atomic E-state index is 13.0. The minimum Gasteiger partial charge on any atom is -0.484 e. The van der Waals surface area contributed by atoms with E-state index in [1.807, 2.05) is 0 Å². The number of halogens is 1. The lowest BCUT2D eigenvalue weighted by Gasteiger charge is -2.06. The minimum absolute atomic E-state index is 0.159. The molecule has 0 atom stereocenters. The molecular formula is C15H15FN2O2S. The molecule has 4 nitrogen and oxygen atoms in total. The first-order chi connectivity index (χ1) is 10.2. The van der Waals surface area contributed by atoms with Gasteiger partial charge in [-0.15, -0.1) is 11.3 Å². The molecule has 0 radical (unpaired) electrons. The van der Waals surface area contributed by atoms with Crippen molar-refractivity contribution in [3.63, 3.8) is 0 Å². The Balaban J connectivity index is 1.55. The molecule has 6 heteroatoms. The second-order valence-electron chi connectivity index (χ2n) is 4.89. The van der Waals surface area contributed by atoms with Gasteiger partial charge in [0, 0.05) is 10.9 Å². The molecule has 0 fully saturated rings. The van der Waals surface area contributed by atoms with Gasteiger partial charge in [0.2, 0.25) is 0 Å². The third kappa shape index (κ3) is 3.58. The van der Waals surface area contributed by atoms with Crippen molar-refractivity contribution in [3.8, 4) is 5.75 Å². The Bertz CT molecular complexity index is 633. The van der Waals surface area contributed by atoms with Gasteiger partial charge in [0.1, 0.15) is 11.6 Å². The number of aryl methyl sites for hydroxylation is 2. The Morgan fingerprint density at radius 1 is 1.38 bits per heavy atom. The highest BCUT2D eigenvalue weighted by atomic mass is 32.1. The molecule has 0 aliphatic heterocycles. The number of ether oxygens (including phenoxy) is 1.